The fourth-order valence-electron chi connectivity index (χ4n) is 5.78. The highest BCUT2D eigenvalue weighted by Gasteiger charge is 2.38. The van der Waals surface area contributed by atoms with Gasteiger partial charge in [-0.3, -0.25) is 4.90 Å². The Morgan fingerprint density at radius 3 is 2.47 bits per heavy atom. The number of aldehydes is 1. The maximum absolute atomic E-state index is 12.0. The molecule has 0 amide bonds. The summed E-state index contributed by atoms with van der Waals surface area (Å²) < 4.78 is 7.68. The van der Waals surface area contributed by atoms with Gasteiger partial charge in [0.1, 0.15) is 12.1 Å². The number of fused-ring (bicyclic) bond motifs is 1. The number of morpholine rings is 1. The fraction of sp³-hybridized carbons (Fsp3) is 0.481. The van der Waals surface area contributed by atoms with Gasteiger partial charge in [-0.15, -0.1) is 0 Å². The van der Waals surface area contributed by atoms with Crippen molar-refractivity contribution in [3.63, 3.8) is 0 Å². The van der Waals surface area contributed by atoms with Crippen molar-refractivity contribution in [1.29, 1.82) is 0 Å². The normalized spacial score (nSPS) is 27.0. The zero-order valence-corrected chi connectivity index (χ0v) is 19.3. The molecule has 2 aliphatic rings. The van der Waals surface area contributed by atoms with E-state index < -0.39 is 0 Å². The Kier molecular flexibility index (Phi) is 5.87. The van der Waals surface area contributed by atoms with Crippen LogP contribution in [0, 0.1) is 18.8 Å². The highest BCUT2D eigenvalue weighted by Crippen LogP contribution is 2.42. The second-order valence-electron chi connectivity index (χ2n) is 9.61. The van der Waals surface area contributed by atoms with E-state index in [1.807, 2.05) is 6.92 Å². The molecule has 3 aromatic rings. The Balaban J connectivity index is 1.40. The van der Waals surface area contributed by atoms with Gasteiger partial charge in [-0.25, -0.2) is 4.98 Å². The van der Waals surface area contributed by atoms with Crippen LogP contribution in [0.15, 0.2) is 42.5 Å². The van der Waals surface area contributed by atoms with Crippen LogP contribution >= 0.6 is 0 Å². The van der Waals surface area contributed by atoms with Gasteiger partial charge in [-0.1, -0.05) is 37.3 Å². The standard InChI is InChI=1S/C27H33N3O2/c1-18-14-23(30-10-12-32-13-11-30)16-24(25(18)17-31)21-6-4-20(5-7-21)22-8-9-27-26(15-22)28-19(2)29(27)3/h4-9,15,17-18,23-25H,10-14,16H2,1-3H3/t18-,23?,24-,25?/m0/s1. The van der Waals surface area contributed by atoms with Crippen molar-refractivity contribution >= 4 is 17.3 Å². The molecule has 2 heterocycles. The lowest BCUT2D eigenvalue weighted by atomic mass is 9.68. The summed E-state index contributed by atoms with van der Waals surface area (Å²) in [4.78, 5) is 19.3. The third-order valence-corrected chi connectivity index (χ3v) is 7.79. The van der Waals surface area contributed by atoms with Crippen molar-refractivity contribution < 1.29 is 9.53 Å². The molecule has 1 aliphatic carbocycles. The molecule has 168 valence electrons. The molecule has 0 bridgehead atoms. The van der Waals surface area contributed by atoms with Gasteiger partial charge in [0.2, 0.25) is 0 Å². The van der Waals surface area contributed by atoms with Crippen molar-refractivity contribution in [2.75, 3.05) is 26.3 Å². The van der Waals surface area contributed by atoms with Crippen LogP contribution in [-0.2, 0) is 16.6 Å². The monoisotopic (exact) mass is 431 g/mol. The van der Waals surface area contributed by atoms with E-state index in [-0.39, 0.29) is 11.8 Å². The summed E-state index contributed by atoms with van der Waals surface area (Å²) in [6, 6.07) is 15.9. The summed E-state index contributed by atoms with van der Waals surface area (Å²) in [7, 11) is 2.05. The van der Waals surface area contributed by atoms with Crippen LogP contribution in [0.25, 0.3) is 22.2 Å². The van der Waals surface area contributed by atoms with Gasteiger partial charge in [0, 0.05) is 32.1 Å². The number of rotatable bonds is 4. The smallest absolute Gasteiger partial charge is 0.123 e. The van der Waals surface area contributed by atoms with Gasteiger partial charge in [-0.2, -0.15) is 0 Å². The third kappa shape index (κ3) is 3.89. The minimum absolute atomic E-state index is 0.0889. The van der Waals surface area contributed by atoms with Crippen molar-refractivity contribution in [2.24, 2.45) is 18.9 Å². The summed E-state index contributed by atoms with van der Waals surface area (Å²) in [6.45, 7) is 7.93. The highest BCUT2D eigenvalue weighted by molar-refractivity contribution is 5.82. The number of hydrogen-bond acceptors (Lipinski definition) is 4. The summed E-state index contributed by atoms with van der Waals surface area (Å²) in [6.07, 6.45) is 3.35. The predicted molar refractivity (Wildman–Crippen MR) is 128 cm³/mol. The van der Waals surface area contributed by atoms with Crippen molar-refractivity contribution in [3.05, 3.63) is 53.9 Å². The number of carbonyl (C=O) groups is 1. The Labute approximate surface area is 190 Å². The van der Waals surface area contributed by atoms with Crippen molar-refractivity contribution in [2.45, 2.75) is 38.6 Å². The lowest BCUT2D eigenvalue weighted by Crippen LogP contribution is -2.48. The van der Waals surface area contributed by atoms with Crippen LogP contribution in [0.5, 0.6) is 0 Å². The Morgan fingerprint density at radius 1 is 1.03 bits per heavy atom. The molecule has 2 fully saturated rings. The first-order valence-corrected chi connectivity index (χ1v) is 11.9. The molecule has 1 aliphatic heterocycles. The molecule has 5 heteroatoms. The summed E-state index contributed by atoms with van der Waals surface area (Å²) in [5.41, 5.74) is 5.84. The van der Waals surface area contributed by atoms with E-state index in [2.05, 4.69) is 70.9 Å². The Bertz CT molecular complexity index is 1100. The van der Waals surface area contributed by atoms with E-state index in [4.69, 9.17) is 4.74 Å². The zero-order chi connectivity index (χ0) is 22.2. The van der Waals surface area contributed by atoms with E-state index in [9.17, 15) is 4.79 Å². The number of ether oxygens (including phenoxy) is 1. The quantitative estimate of drug-likeness (QED) is 0.568. The van der Waals surface area contributed by atoms with Crippen LogP contribution < -0.4 is 0 Å². The van der Waals surface area contributed by atoms with E-state index >= 15 is 0 Å². The number of hydrogen-bond donors (Lipinski definition) is 0. The largest absolute Gasteiger partial charge is 0.379 e. The van der Waals surface area contributed by atoms with Crippen LogP contribution in [0.1, 0.15) is 37.1 Å². The summed E-state index contributed by atoms with van der Waals surface area (Å²) >= 11 is 0. The molecule has 32 heavy (non-hydrogen) atoms. The number of aryl methyl sites for hydroxylation is 2. The van der Waals surface area contributed by atoms with Gasteiger partial charge in [-0.05, 0) is 60.4 Å². The molecule has 4 atom stereocenters. The van der Waals surface area contributed by atoms with Crippen molar-refractivity contribution in [3.8, 4) is 11.1 Å². The Hall–Kier alpha value is -2.50. The first-order chi connectivity index (χ1) is 15.5. The maximum Gasteiger partial charge on any atom is 0.123 e. The minimum atomic E-state index is 0.0889. The van der Waals surface area contributed by atoms with E-state index in [0.717, 1.165) is 56.0 Å². The molecular weight excluding hydrogens is 398 g/mol. The molecule has 0 radical (unpaired) electrons. The van der Waals surface area contributed by atoms with E-state index in [1.165, 1.54) is 23.0 Å². The topological polar surface area (TPSA) is 47.4 Å². The fourth-order valence-corrected chi connectivity index (χ4v) is 5.78. The van der Waals surface area contributed by atoms with E-state index in [0.29, 0.717) is 12.0 Å². The average Bonchev–Trinajstić information content (AvgIpc) is 3.12. The molecular formula is C27H33N3O2. The number of nitrogens with zero attached hydrogens (tertiary/aromatic N) is 3. The molecule has 0 spiro atoms. The Morgan fingerprint density at radius 2 is 1.75 bits per heavy atom. The van der Waals surface area contributed by atoms with Gasteiger partial charge >= 0.3 is 0 Å². The second-order valence-corrected chi connectivity index (χ2v) is 9.61. The number of imidazole rings is 1. The predicted octanol–water partition coefficient (Wildman–Crippen LogP) is 4.58. The lowest BCUT2D eigenvalue weighted by Gasteiger charge is -2.44. The molecule has 1 saturated heterocycles. The van der Waals surface area contributed by atoms with Crippen LogP contribution in [0.4, 0.5) is 0 Å². The molecule has 1 saturated carbocycles. The SMILES string of the molecule is Cc1nc2cc(-c3ccc([C@@H]4CC(N5CCOCC5)C[C@H](C)C4C=O)cc3)ccc2n1C. The molecule has 0 N–H and O–H groups in total. The highest BCUT2D eigenvalue weighted by atomic mass is 16.5. The second kappa shape index (κ2) is 8.80. The first kappa shape index (κ1) is 21.4. The van der Waals surface area contributed by atoms with Gasteiger partial charge in [0.05, 0.1) is 24.2 Å². The molecule has 2 unspecified atom stereocenters. The van der Waals surface area contributed by atoms with Crippen LogP contribution in [0.3, 0.4) is 0 Å². The number of benzene rings is 2. The number of aromatic nitrogens is 2. The first-order valence-electron chi connectivity index (χ1n) is 11.9. The lowest BCUT2D eigenvalue weighted by molar-refractivity contribution is -0.115. The minimum Gasteiger partial charge on any atom is -0.379 e. The van der Waals surface area contributed by atoms with Crippen LogP contribution in [0.2, 0.25) is 0 Å². The van der Waals surface area contributed by atoms with Crippen molar-refractivity contribution in [1.82, 2.24) is 14.5 Å². The summed E-state index contributed by atoms with van der Waals surface area (Å²) in [5.74, 6) is 1.78. The number of carbonyl (C=O) groups excluding carboxylic acids is 1. The maximum atomic E-state index is 12.0. The summed E-state index contributed by atoms with van der Waals surface area (Å²) in [5, 5.41) is 0. The van der Waals surface area contributed by atoms with Gasteiger partial charge in [0.15, 0.2) is 0 Å². The average molecular weight is 432 g/mol. The molecule has 5 rings (SSSR count). The molecule has 2 aromatic carbocycles. The molecule has 1 aromatic heterocycles. The van der Waals surface area contributed by atoms with E-state index in [1.54, 1.807) is 0 Å². The molecule has 5 nitrogen and oxygen atoms in total. The van der Waals surface area contributed by atoms with Gasteiger partial charge < -0.3 is 14.1 Å². The van der Waals surface area contributed by atoms with Crippen LogP contribution in [-0.4, -0.2) is 53.1 Å². The van der Waals surface area contributed by atoms with Gasteiger partial charge in [0.25, 0.3) is 0 Å². The zero-order valence-electron chi connectivity index (χ0n) is 19.3. The third-order valence-electron chi connectivity index (χ3n) is 7.79.